The van der Waals surface area contributed by atoms with E-state index in [2.05, 4.69) is 40.9 Å². The van der Waals surface area contributed by atoms with Gasteiger partial charge in [-0.1, -0.05) is 0 Å². The molecule has 0 bridgehead atoms. The molecule has 0 spiro atoms. The Morgan fingerprint density at radius 2 is 1.93 bits per heavy atom. The number of carbonyl (C=O) groups is 1. The first-order valence-corrected chi connectivity index (χ1v) is 10.6. The molecule has 8 heteroatoms. The SMILES string of the molecule is CN(C)CCCN(C)C(=O)C1CN(c2c3c(nc4ccnn24)CCN(C)CC3)C1. The number of hydrogen-bond acceptors (Lipinski definition) is 6. The van der Waals surface area contributed by atoms with Crippen LogP contribution in [0.15, 0.2) is 12.3 Å². The first kappa shape index (κ1) is 20.1. The molecule has 0 aromatic carbocycles. The van der Waals surface area contributed by atoms with Crippen LogP contribution in [0.5, 0.6) is 0 Å². The molecule has 4 rings (SSSR count). The molecule has 1 saturated heterocycles. The third-order valence-corrected chi connectivity index (χ3v) is 6.17. The van der Waals surface area contributed by atoms with Gasteiger partial charge in [-0.05, 0) is 40.5 Å². The van der Waals surface area contributed by atoms with E-state index in [0.29, 0.717) is 0 Å². The molecule has 29 heavy (non-hydrogen) atoms. The summed E-state index contributed by atoms with van der Waals surface area (Å²) in [6.45, 7) is 5.40. The lowest BCUT2D eigenvalue weighted by Gasteiger charge is -2.42. The first-order chi connectivity index (χ1) is 13.9. The fourth-order valence-electron chi connectivity index (χ4n) is 4.36. The van der Waals surface area contributed by atoms with E-state index in [1.54, 1.807) is 0 Å². The smallest absolute Gasteiger partial charge is 0.229 e. The molecule has 8 nitrogen and oxygen atoms in total. The summed E-state index contributed by atoms with van der Waals surface area (Å²) in [4.78, 5) is 26.4. The largest absolute Gasteiger partial charge is 0.354 e. The second-order valence-corrected chi connectivity index (χ2v) is 8.78. The van der Waals surface area contributed by atoms with Crippen LogP contribution in [0.4, 0.5) is 5.82 Å². The fourth-order valence-corrected chi connectivity index (χ4v) is 4.36. The summed E-state index contributed by atoms with van der Waals surface area (Å²) in [5.74, 6) is 1.48. The monoisotopic (exact) mass is 399 g/mol. The Kier molecular flexibility index (Phi) is 5.74. The average Bonchev–Trinajstić information content (AvgIpc) is 3.03. The van der Waals surface area contributed by atoms with Gasteiger partial charge in [0.15, 0.2) is 5.65 Å². The molecule has 0 saturated carbocycles. The fraction of sp³-hybridized carbons (Fsp3) is 0.667. The van der Waals surface area contributed by atoms with Gasteiger partial charge in [-0.3, -0.25) is 4.79 Å². The molecule has 2 aromatic heterocycles. The van der Waals surface area contributed by atoms with Crippen molar-refractivity contribution in [3.05, 3.63) is 23.5 Å². The highest BCUT2D eigenvalue weighted by Gasteiger charge is 2.37. The first-order valence-electron chi connectivity index (χ1n) is 10.6. The van der Waals surface area contributed by atoms with Crippen molar-refractivity contribution in [2.45, 2.75) is 19.3 Å². The normalized spacial score (nSPS) is 18.0. The molecular formula is C21H33N7O. The number of aromatic nitrogens is 3. The quantitative estimate of drug-likeness (QED) is 0.709. The topological polar surface area (TPSA) is 60.2 Å². The maximum atomic E-state index is 12.8. The molecular weight excluding hydrogens is 366 g/mol. The van der Waals surface area contributed by atoms with E-state index < -0.39 is 0 Å². The number of rotatable bonds is 6. The van der Waals surface area contributed by atoms with Crippen LogP contribution in [0.2, 0.25) is 0 Å². The summed E-state index contributed by atoms with van der Waals surface area (Å²) in [7, 11) is 8.23. The van der Waals surface area contributed by atoms with E-state index in [-0.39, 0.29) is 11.8 Å². The van der Waals surface area contributed by atoms with Crippen LogP contribution in [0.1, 0.15) is 17.7 Å². The molecule has 1 fully saturated rings. The zero-order chi connectivity index (χ0) is 20.5. The number of amides is 1. The zero-order valence-electron chi connectivity index (χ0n) is 18.1. The number of anilines is 1. The van der Waals surface area contributed by atoms with E-state index in [1.165, 1.54) is 11.3 Å². The van der Waals surface area contributed by atoms with Crippen LogP contribution in [-0.4, -0.2) is 103 Å². The van der Waals surface area contributed by atoms with E-state index >= 15 is 0 Å². The molecule has 0 N–H and O–H groups in total. The molecule has 2 aromatic rings. The Balaban J connectivity index is 1.48. The standard InChI is InChI=1S/C21H33N7O/c1-24(2)10-5-11-26(4)21(29)16-14-27(15-16)20-17-7-12-25(3)13-8-18(17)23-19-6-9-22-28(19)20/h6,9,16H,5,7-8,10-15H2,1-4H3. The van der Waals surface area contributed by atoms with E-state index in [9.17, 15) is 4.79 Å². The van der Waals surface area contributed by atoms with Crippen LogP contribution in [0.3, 0.4) is 0 Å². The molecule has 0 unspecified atom stereocenters. The van der Waals surface area contributed by atoms with Crippen LogP contribution < -0.4 is 4.90 Å². The van der Waals surface area contributed by atoms with E-state index in [1.807, 2.05) is 28.7 Å². The van der Waals surface area contributed by atoms with Crippen molar-refractivity contribution in [3.8, 4) is 0 Å². The predicted octanol–water partition coefficient (Wildman–Crippen LogP) is 0.606. The van der Waals surface area contributed by atoms with Gasteiger partial charge in [0.25, 0.3) is 0 Å². The van der Waals surface area contributed by atoms with E-state index in [0.717, 1.165) is 70.0 Å². The van der Waals surface area contributed by atoms with Gasteiger partial charge in [-0.15, -0.1) is 0 Å². The van der Waals surface area contributed by atoms with Crippen LogP contribution in [0, 0.1) is 5.92 Å². The van der Waals surface area contributed by atoms with Crippen molar-refractivity contribution >= 4 is 17.4 Å². The minimum absolute atomic E-state index is 0.0715. The van der Waals surface area contributed by atoms with Crippen molar-refractivity contribution in [3.63, 3.8) is 0 Å². The molecule has 0 aliphatic carbocycles. The van der Waals surface area contributed by atoms with Gasteiger partial charge in [-0.2, -0.15) is 9.61 Å². The molecule has 2 aliphatic rings. The van der Waals surface area contributed by atoms with Gasteiger partial charge >= 0.3 is 0 Å². The second kappa shape index (κ2) is 8.28. The lowest BCUT2D eigenvalue weighted by molar-refractivity contribution is -0.135. The maximum Gasteiger partial charge on any atom is 0.229 e. The Labute approximate surface area is 173 Å². The molecule has 4 heterocycles. The van der Waals surface area contributed by atoms with Gasteiger partial charge in [0.1, 0.15) is 5.82 Å². The van der Waals surface area contributed by atoms with Gasteiger partial charge in [0.2, 0.25) is 5.91 Å². The molecule has 2 aliphatic heterocycles. The van der Waals surface area contributed by atoms with Crippen molar-refractivity contribution in [2.75, 3.05) is 72.4 Å². The van der Waals surface area contributed by atoms with Gasteiger partial charge < -0.3 is 19.6 Å². The zero-order valence-corrected chi connectivity index (χ0v) is 18.1. The highest BCUT2D eigenvalue weighted by atomic mass is 16.2. The maximum absolute atomic E-state index is 12.8. The van der Waals surface area contributed by atoms with Gasteiger partial charge in [0.05, 0.1) is 17.8 Å². The Morgan fingerprint density at radius 1 is 1.17 bits per heavy atom. The minimum Gasteiger partial charge on any atom is -0.354 e. The Hall–Kier alpha value is -2.19. The van der Waals surface area contributed by atoms with Gasteiger partial charge in [0, 0.05) is 57.8 Å². The lowest BCUT2D eigenvalue weighted by atomic mass is 9.96. The number of hydrogen-bond donors (Lipinski definition) is 0. The Bertz CT molecular complexity index is 871. The average molecular weight is 400 g/mol. The molecule has 0 radical (unpaired) electrons. The lowest BCUT2D eigenvalue weighted by Crippen LogP contribution is -2.55. The highest BCUT2D eigenvalue weighted by Crippen LogP contribution is 2.32. The van der Waals surface area contributed by atoms with Crippen molar-refractivity contribution in [1.82, 2.24) is 29.3 Å². The summed E-state index contributed by atoms with van der Waals surface area (Å²) in [5.41, 5.74) is 3.39. The summed E-state index contributed by atoms with van der Waals surface area (Å²) >= 11 is 0. The van der Waals surface area contributed by atoms with Crippen molar-refractivity contribution in [2.24, 2.45) is 5.92 Å². The second-order valence-electron chi connectivity index (χ2n) is 8.78. The molecule has 1 amide bonds. The third-order valence-electron chi connectivity index (χ3n) is 6.17. The van der Waals surface area contributed by atoms with Gasteiger partial charge in [-0.25, -0.2) is 4.98 Å². The number of fused-ring (bicyclic) bond motifs is 2. The highest BCUT2D eigenvalue weighted by molar-refractivity contribution is 5.82. The van der Waals surface area contributed by atoms with Crippen LogP contribution >= 0.6 is 0 Å². The number of likely N-dealkylation sites (N-methyl/N-ethyl adjacent to an activating group) is 1. The van der Waals surface area contributed by atoms with E-state index in [4.69, 9.17) is 4.98 Å². The minimum atomic E-state index is 0.0715. The van der Waals surface area contributed by atoms with Crippen molar-refractivity contribution < 1.29 is 4.79 Å². The molecule has 0 atom stereocenters. The number of carbonyl (C=O) groups excluding carboxylic acids is 1. The summed E-state index contributed by atoms with van der Waals surface area (Å²) in [6, 6.07) is 1.97. The predicted molar refractivity (Wildman–Crippen MR) is 114 cm³/mol. The third kappa shape index (κ3) is 4.09. The summed E-state index contributed by atoms with van der Waals surface area (Å²) < 4.78 is 1.96. The van der Waals surface area contributed by atoms with Crippen LogP contribution in [0.25, 0.3) is 5.65 Å². The summed E-state index contributed by atoms with van der Waals surface area (Å²) in [5, 5.41) is 4.54. The Morgan fingerprint density at radius 3 is 2.69 bits per heavy atom. The molecule has 158 valence electrons. The van der Waals surface area contributed by atoms with Crippen molar-refractivity contribution in [1.29, 1.82) is 0 Å². The number of nitrogens with zero attached hydrogens (tertiary/aromatic N) is 7. The summed E-state index contributed by atoms with van der Waals surface area (Å²) in [6.07, 6.45) is 4.76. The van der Waals surface area contributed by atoms with Crippen LogP contribution in [-0.2, 0) is 17.6 Å².